The van der Waals surface area contributed by atoms with Gasteiger partial charge in [-0.25, -0.2) is 9.18 Å². The minimum atomic E-state index is -1.21. The Labute approximate surface area is 118 Å². The van der Waals surface area contributed by atoms with Gasteiger partial charge >= 0.3 is 5.97 Å². The Kier molecular flexibility index (Phi) is 3.83. The highest BCUT2D eigenvalue weighted by Gasteiger charge is 2.22. The summed E-state index contributed by atoms with van der Waals surface area (Å²) >= 11 is 0. The fourth-order valence-electron chi connectivity index (χ4n) is 1.81. The van der Waals surface area contributed by atoms with Crippen LogP contribution in [0.3, 0.4) is 0 Å². The van der Waals surface area contributed by atoms with Crippen LogP contribution in [0.25, 0.3) is 0 Å². The van der Waals surface area contributed by atoms with Crippen molar-refractivity contribution in [3.05, 3.63) is 52.1 Å². The van der Waals surface area contributed by atoms with Crippen molar-refractivity contribution < 1.29 is 19.2 Å². The summed E-state index contributed by atoms with van der Waals surface area (Å²) < 4.78 is 14.8. The zero-order chi connectivity index (χ0) is 15.6. The van der Waals surface area contributed by atoms with E-state index >= 15 is 0 Å². The number of nitrogens with one attached hydrogen (secondary N) is 1. The first-order chi connectivity index (χ1) is 9.86. The third-order valence-corrected chi connectivity index (χ3v) is 2.71. The number of aromatic nitrogens is 2. The summed E-state index contributed by atoms with van der Waals surface area (Å²) in [7, 11) is 1.62. The Hall–Kier alpha value is -2.97. The lowest BCUT2D eigenvalue weighted by atomic mass is 10.1. The van der Waals surface area contributed by atoms with E-state index in [1.165, 1.54) is 17.1 Å². The van der Waals surface area contributed by atoms with Crippen molar-refractivity contribution in [3.8, 4) is 0 Å². The highest BCUT2D eigenvalue weighted by Crippen LogP contribution is 2.24. The second kappa shape index (κ2) is 5.57. The van der Waals surface area contributed by atoms with Crippen LogP contribution < -0.4 is 5.32 Å². The normalized spacial score (nSPS) is 11.9. The maximum absolute atomic E-state index is 13.3. The second-order valence-electron chi connectivity index (χ2n) is 4.32. The molecule has 0 amide bonds. The maximum atomic E-state index is 13.3. The Morgan fingerprint density at radius 2 is 2.24 bits per heavy atom. The summed E-state index contributed by atoms with van der Waals surface area (Å²) in [6, 6.07) is 1.61. The van der Waals surface area contributed by atoms with Crippen molar-refractivity contribution >= 4 is 17.3 Å². The molecule has 2 N–H and O–H groups in total. The summed E-state index contributed by atoms with van der Waals surface area (Å²) in [6.45, 7) is 0. The predicted molar refractivity (Wildman–Crippen MR) is 70.3 cm³/mol. The first kappa shape index (κ1) is 14.4. The van der Waals surface area contributed by atoms with Crippen molar-refractivity contribution in [2.45, 2.75) is 6.04 Å². The van der Waals surface area contributed by atoms with Gasteiger partial charge in [0.25, 0.3) is 5.69 Å². The number of anilines is 1. The quantitative estimate of drug-likeness (QED) is 0.641. The van der Waals surface area contributed by atoms with E-state index in [-0.39, 0.29) is 5.69 Å². The number of carbonyl (C=O) groups is 1. The van der Waals surface area contributed by atoms with Crippen LogP contribution in [-0.4, -0.2) is 25.8 Å². The molecule has 2 rings (SSSR count). The Morgan fingerprint density at radius 3 is 2.76 bits per heavy atom. The average Bonchev–Trinajstić information content (AvgIpc) is 2.81. The molecule has 0 aliphatic rings. The van der Waals surface area contributed by atoms with Gasteiger partial charge in [-0.05, 0) is 6.07 Å². The largest absolute Gasteiger partial charge is 0.479 e. The second-order valence-corrected chi connectivity index (χ2v) is 4.32. The Morgan fingerprint density at radius 1 is 1.52 bits per heavy atom. The van der Waals surface area contributed by atoms with E-state index in [2.05, 4.69) is 10.4 Å². The van der Waals surface area contributed by atoms with Gasteiger partial charge in [-0.1, -0.05) is 0 Å². The number of hydrogen-bond acceptors (Lipinski definition) is 5. The summed E-state index contributed by atoms with van der Waals surface area (Å²) in [6.07, 6.45) is 2.83. The summed E-state index contributed by atoms with van der Waals surface area (Å²) in [5.41, 5.74) is -0.123. The zero-order valence-corrected chi connectivity index (χ0v) is 10.9. The van der Waals surface area contributed by atoms with E-state index < -0.39 is 28.4 Å². The van der Waals surface area contributed by atoms with Crippen LogP contribution in [0.5, 0.6) is 0 Å². The molecule has 1 unspecified atom stereocenters. The molecule has 0 bridgehead atoms. The van der Waals surface area contributed by atoms with Crippen molar-refractivity contribution in [3.63, 3.8) is 0 Å². The van der Waals surface area contributed by atoms with E-state index in [1.54, 1.807) is 7.05 Å². The van der Waals surface area contributed by atoms with E-state index in [0.717, 1.165) is 18.2 Å². The minimum Gasteiger partial charge on any atom is -0.479 e. The highest BCUT2D eigenvalue weighted by molar-refractivity contribution is 5.79. The van der Waals surface area contributed by atoms with Crippen molar-refractivity contribution in [2.75, 3.05) is 5.32 Å². The molecule has 1 aromatic heterocycles. The molecule has 21 heavy (non-hydrogen) atoms. The van der Waals surface area contributed by atoms with Crippen LogP contribution in [0, 0.1) is 15.9 Å². The molecule has 1 heterocycles. The first-order valence-corrected chi connectivity index (χ1v) is 5.79. The van der Waals surface area contributed by atoms with Crippen LogP contribution in [0.1, 0.15) is 11.6 Å². The smallest absolute Gasteiger partial charge is 0.330 e. The van der Waals surface area contributed by atoms with Crippen LogP contribution >= 0.6 is 0 Å². The molecule has 0 aliphatic heterocycles. The topological polar surface area (TPSA) is 110 Å². The first-order valence-electron chi connectivity index (χ1n) is 5.79. The van der Waals surface area contributed by atoms with E-state index in [4.69, 9.17) is 0 Å². The molecule has 1 aromatic carbocycles. The lowest BCUT2D eigenvalue weighted by Crippen LogP contribution is -2.20. The van der Waals surface area contributed by atoms with Crippen molar-refractivity contribution in [1.82, 2.24) is 9.78 Å². The molecule has 0 radical (unpaired) electrons. The molecule has 9 heteroatoms. The molecule has 0 fully saturated rings. The number of benzene rings is 1. The number of hydrogen-bond donors (Lipinski definition) is 2. The molecular weight excluding hydrogens is 283 g/mol. The molecule has 1 atom stereocenters. The summed E-state index contributed by atoms with van der Waals surface area (Å²) in [4.78, 5) is 21.2. The van der Waals surface area contributed by atoms with Crippen LogP contribution in [-0.2, 0) is 11.8 Å². The third-order valence-electron chi connectivity index (χ3n) is 2.71. The number of nitrogens with zero attached hydrogens (tertiary/aromatic N) is 3. The van der Waals surface area contributed by atoms with E-state index in [1.807, 2.05) is 0 Å². The standard InChI is InChI=1S/C12H11FN4O4/c1-16-6-7(5-14-16)11(12(18)19)15-9-2-8(13)3-10(4-9)17(20)21/h2-6,11,15H,1H3,(H,18,19). The Balaban J connectivity index is 2.33. The minimum absolute atomic E-state index is 0.00190. The molecule has 2 aromatic rings. The van der Waals surface area contributed by atoms with E-state index in [0.29, 0.717) is 5.56 Å². The maximum Gasteiger partial charge on any atom is 0.330 e. The fraction of sp³-hybridized carbons (Fsp3) is 0.167. The average molecular weight is 294 g/mol. The van der Waals surface area contributed by atoms with Gasteiger partial charge in [0, 0.05) is 30.6 Å². The van der Waals surface area contributed by atoms with Gasteiger partial charge in [-0.15, -0.1) is 0 Å². The Bertz CT molecular complexity index is 700. The summed E-state index contributed by atoms with van der Waals surface area (Å²) in [5, 5.41) is 26.3. The van der Waals surface area contributed by atoms with Crippen LogP contribution in [0.2, 0.25) is 0 Å². The van der Waals surface area contributed by atoms with Gasteiger partial charge < -0.3 is 10.4 Å². The SMILES string of the molecule is Cn1cc(C(Nc2cc(F)cc([N+](=O)[O-])c2)C(=O)O)cn1. The van der Waals surface area contributed by atoms with Crippen LogP contribution in [0.15, 0.2) is 30.6 Å². The molecular formula is C12H11FN4O4. The lowest BCUT2D eigenvalue weighted by molar-refractivity contribution is -0.385. The number of halogens is 1. The lowest BCUT2D eigenvalue weighted by Gasteiger charge is -2.14. The molecule has 110 valence electrons. The number of aryl methyl sites for hydroxylation is 1. The monoisotopic (exact) mass is 294 g/mol. The summed E-state index contributed by atoms with van der Waals surface area (Å²) in [5.74, 6) is -2.04. The number of nitro groups is 1. The molecule has 0 aliphatic carbocycles. The van der Waals surface area contributed by atoms with Gasteiger partial charge in [0.15, 0.2) is 6.04 Å². The molecule has 0 spiro atoms. The number of aliphatic carboxylic acids is 1. The number of carboxylic acids is 1. The molecule has 0 saturated carbocycles. The molecule has 0 saturated heterocycles. The highest BCUT2D eigenvalue weighted by atomic mass is 19.1. The van der Waals surface area contributed by atoms with Gasteiger partial charge in [-0.3, -0.25) is 14.8 Å². The van der Waals surface area contributed by atoms with Crippen molar-refractivity contribution in [2.24, 2.45) is 7.05 Å². The van der Waals surface area contributed by atoms with Crippen LogP contribution in [0.4, 0.5) is 15.8 Å². The van der Waals surface area contributed by atoms with Gasteiger partial charge in [0.1, 0.15) is 5.82 Å². The fourth-order valence-corrected chi connectivity index (χ4v) is 1.81. The van der Waals surface area contributed by atoms with Gasteiger partial charge in [0.2, 0.25) is 0 Å². The zero-order valence-electron chi connectivity index (χ0n) is 10.9. The van der Waals surface area contributed by atoms with Crippen molar-refractivity contribution in [1.29, 1.82) is 0 Å². The third kappa shape index (κ3) is 3.32. The number of carboxylic acid groups (broad SMARTS) is 1. The van der Waals surface area contributed by atoms with Gasteiger partial charge in [-0.2, -0.15) is 5.10 Å². The molecule has 8 nitrogen and oxygen atoms in total. The van der Waals surface area contributed by atoms with E-state index in [9.17, 15) is 24.4 Å². The predicted octanol–water partition coefficient (Wildman–Crippen LogP) is 1.71. The van der Waals surface area contributed by atoms with Gasteiger partial charge in [0.05, 0.1) is 17.2 Å². The number of rotatable bonds is 5. The number of non-ortho nitro benzene ring substituents is 1. The number of nitro benzene ring substituents is 1.